The van der Waals surface area contributed by atoms with Crippen LogP contribution >= 0.6 is 27.5 Å². The first kappa shape index (κ1) is 24.5. The molecule has 2 aliphatic heterocycles. The minimum Gasteiger partial charge on any atom is -0.508 e. The van der Waals surface area contributed by atoms with Crippen molar-refractivity contribution in [3.05, 3.63) is 92.9 Å². The summed E-state index contributed by atoms with van der Waals surface area (Å²) in [4.78, 5) is 41.8. The summed E-state index contributed by atoms with van der Waals surface area (Å²) in [6.07, 6.45) is -0.0306. The first-order chi connectivity index (χ1) is 17.1. The Morgan fingerprint density at radius 3 is 2.47 bits per heavy atom. The summed E-state index contributed by atoms with van der Waals surface area (Å²) in [6.45, 7) is 1.81. The summed E-state index contributed by atoms with van der Waals surface area (Å²) < 4.78 is 0.642. The molecular formula is C27H22BrClN2O5. The number of nitrogens with one attached hydrogen (secondary N) is 1. The average Bonchev–Trinajstić information content (AvgIpc) is 3.32. The molecule has 3 aromatic carbocycles. The van der Waals surface area contributed by atoms with E-state index in [2.05, 4.69) is 21.2 Å². The molecule has 184 valence electrons. The number of carboxylic acid groups (broad SMARTS) is 1. The summed E-state index contributed by atoms with van der Waals surface area (Å²) in [5, 5.41) is 24.7. The monoisotopic (exact) mass is 568 g/mol. The summed E-state index contributed by atoms with van der Waals surface area (Å²) in [5.74, 6) is -4.79. The second-order valence-corrected chi connectivity index (χ2v) is 10.5. The Morgan fingerprint density at radius 1 is 1.08 bits per heavy atom. The second kappa shape index (κ2) is 9.03. The highest BCUT2D eigenvalue weighted by Crippen LogP contribution is 2.52. The van der Waals surface area contributed by atoms with E-state index in [1.807, 2.05) is 6.07 Å². The van der Waals surface area contributed by atoms with Gasteiger partial charge in [0.25, 0.3) is 0 Å². The van der Waals surface area contributed by atoms with E-state index in [9.17, 15) is 24.6 Å². The van der Waals surface area contributed by atoms with Crippen molar-refractivity contribution >= 4 is 51.0 Å². The number of hydrogen-bond donors (Lipinski definition) is 3. The quantitative estimate of drug-likeness (QED) is 0.387. The standard InChI is InChI=1S/C27H22BrClN2O5/c1-14-7-9-17(12-19(14)29)31-24(33)21-22(25(31)34)27(26(35)36,13-15-5-3-2-4-6-15)30-23(21)18-11-16(28)8-10-20(18)32/h2-12,21-23,30,32H,13H2,1H3,(H,35,36). The van der Waals surface area contributed by atoms with Crippen LogP contribution in [0.3, 0.4) is 0 Å². The number of carbonyl (C=O) groups excluding carboxylic acids is 2. The number of carboxylic acids is 1. The molecule has 4 unspecified atom stereocenters. The fraction of sp³-hybridized carbons (Fsp3) is 0.222. The third-order valence-electron chi connectivity index (χ3n) is 7.10. The molecule has 2 fully saturated rings. The third kappa shape index (κ3) is 3.80. The number of aliphatic carboxylic acids is 1. The maximum atomic E-state index is 13.9. The molecule has 0 bridgehead atoms. The number of hydrogen-bond acceptors (Lipinski definition) is 5. The van der Waals surface area contributed by atoms with Crippen molar-refractivity contribution in [1.29, 1.82) is 0 Å². The van der Waals surface area contributed by atoms with Gasteiger partial charge in [-0.25, -0.2) is 4.90 Å². The van der Waals surface area contributed by atoms with Crippen molar-refractivity contribution in [2.75, 3.05) is 4.90 Å². The van der Waals surface area contributed by atoms with Crippen LogP contribution in [0.25, 0.3) is 0 Å². The summed E-state index contributed by atoms with van der Waals surface area (Å²) >= 11 is 9.68. The fourth-order valence-electron chi connectivity index (χ4n) is 5.37. The van der Waals surface area contributed by atoms with Gasteiger partial charge in [-0.3, -0.25) is 19.7 Å². The van der Waals surface area contributed by atoms with Gasteiger partial charge < -0.3 is 10.2 Å². The van der Waals surface area contributed by atoms with Gasteiger partial charge >= 0.3 is 5.97 Å². The Kier molecular flexibility index (Phi) is 6.14. The van der Waals surface area contributed by atoms with Gasteiger partial charge in [-0.15, -0.1) is 0 Å². The zero-order valence-corrected chi connectivity index (χ0v) is 21.5. The SMILES string of the molecule is Cc1ccc(N2C(=O)C3C(c4cc(Br)ccc4O)NC(Cc4ccccc4)(C(=O)O)C3C2=O)cc1Cl. The second-order valence-electron chi connectivity index (χ2n) is 9.21. The molecule has 2 saturated heterocycles. The highest BCUT2D eigenvalue weighted by atomic mass is 79.9. The van der Waals surface area contributed by atoms with Crippen LogP contribution in [0.1, 0.15) is 22.7 Å². The molecule has 7 nitrogen and oxygen atoms in total. The summed E-state index contributed by atoms with van der Waals surface area (Å²) in [6, 6.07) is 17.6. The number of aromatic hydroxyl groups is 1. The van der Waals surface area contributed by atoms with Crippen LogP contribution in [0.4, 0.5) is 5.69 Å². The fourth-order valence-corrected chi connectivity index (χ4v) is 5.93. The molecule has 9 heteroatoms. The van der Waals surface area contributed by atoms with Crippen LogP contribution in [0.2, 0.25) is 5.02 Å². The topological polar surface area (TPSA) is 107 Å². The number of aryl methyl sites for hydroxylation is 1. The van der Waals surface area contributed by atoms with Crippen molar-refractivity contribution in [2.24, 2.45) is 11.8 Å². The highest BCUT2D eigenvalue weighted by Gasteiger charge is 2.68. The van der Waals surface area contributed by atoms with Crippen LogP contribution in [0.15, 0.2) is 71.2 Å². The van der Waals surface area contributed by atoms with Crippen molar-refractivity contribution in [3.63, 3.8) is 0 Å². The molecule has 0 radical (unpaired) electrons. The van der Waals surface area contributed by atoms with Crippen molar-refractivity contribution in [3.8, 4) is 5.75 Å². The minimum absolute atomic E-state index is 0.0306. The number of carbonyl (C=O) groups is 3. The Balaban J connectivity index is 1.69. The lowest BCUT2D eigenvalue weighted by Crippen LogP contribution is -2.57. The van der Waals surface area contributed by atoms with Crippen LogP contribution in [0, 0.1) is 18.8 Å². The van der Waals surface area contributed by atoms with Gasteiger partial charge in [0.2, 0.25) is 11.8 Å². The average molecular weight is 570 g/mol. The Morgan fingerprint density at radius 2 is 1.81 bits per heavy atom. The molecule has 3 aromatic rings. The largest absolute Gasteiger partial charge is 0.508 e. The molecule has 4 atom stereocenters. The molecule has 2 heterocycles. The number of nitrogens with zero attached hydrogens (tertiary/aromatic N) is 1. The number of phenolic OH excluding ortho intramolecular Hbond substituents is 1. The van der Waals surface area contributed by atoms with Gasteiger partial charge in [-0.1, -0.05) is 63.9 Å². The van der Waals surface area contributed by atoms with E-state index >= 15 is 0 Å². The van der Waals surface area contributed by atoms with E-state index in [0.717, 1.165) is 10.5 Å². The van der Waals surface area contributed by atoms with Gasteiger partial charge in [0.1, 0.15) is 11.3 Å². The van der Waals surface area contributed by atoms with Crippen molar-refractivity contribution in [2.45, 2.75) is 24.9 Å². The molecule has 0 aliphatic carbocycles. The number of rotatable bonds is 5. The Labute approximate surface area is 220 Å². The molecule has 0 saturated carbocycles. The number of benzene rings is 3. The summed E-state index contributed by atoms with van der Waals surface area (Å²) in [5.41, 5.74) is 0.304. The van der Waals surface area contributed by atoms with Crippen LogP contribution in [-0.4, -0.2) is 33.5 Å². The number of phenols is 1. The zero-order valence-electron chi connectivity index (χ0n) is 19.1. The minimum atomic E-state index is -1.79. The lowest BCUT2D eigenvalue weighted by molar-refractivity contribution is -0.148. The van der Waals surface area contributed by atoms with E-state index in [4.69, 9.17) is 11.6 Å². The molecule has 0 spiro atoms. The van der Waals surface area contributed by atoms with Crippen LogP contribution in [-0.2, 0) is 20.8 Å². The van der Waals surface area contributed by atoms with E-state index in [1.165, 1.54) is 12.1 Å². The zero-order chi connectivity index (χ0) is 25.8. The number of halogens is 2. The van der Waals surface area contributed by atoms with Crippen LogP contribution in [0.5, 0.6) is 5.75 Å². The first-order valence-corrected chi connectivity index (χ1v) is 12.5. The molecule has 5 rings (SSSR count). The Bertz CT molecular complexity index is 1400. The lowest BCUT2D eigenvalue weighted by atomic mass is 9.76. The highest BCUT2D eigenvalue weighted by molar-refractivity contribution is 9.10. The first-order valence-electron chi connectivity index (χ1n) is 11.3. The molecule has 2 amide bonds. The molecule has 3 N–H and O–H groups in total. The van der Waals surface area contributed by atoms with E-state index in [1.54, 1.807) is 55.5 Å². The maximum absolute atomic E-state index is 13.9. The predicted molar refractivity (Wildman–Crippen MR) is 138 cm³/mol. The van der Waals surface area contributed by atoms with Gasteiger partial charge in [0, 0.05) is 27.5 Å². The molecular weight excluding hydrogens is 548 g/mol. The van der Waals surface area contributed by atoms with E-state index < -0.39 is 41.2 Å². The molecule has 0 aromatic heterocycles. The van der Waals surface area contributed by atoms with E-state index in [0.29, 0.717) is 20.6 Å². The molecule has 36 heavy (non-hydrogen) atoms. The van der Waals surface area contributed by atoms with Gasteiger partial charge in [-0.2, -0.15) is 0 Å². The van der Waals surface area contributed by atoms with E-state index in [-0.39, 0.29) is 17.9 Å². The van der Waals surface area contributed by atoms with Crippen LogP contribution < -0.4 is 10.2 Å². The van der Waals surface area contributed by atoms with Gasteiger partial charge in [-0.05, 0) is 48.4 Å². The summed E-state index contributed by atoms with van der Waals surface area (Å²) in [7, 11) is 0. The smallest absolute Gasteiger partial charge is 0.325 e. The normalized spacial score (nSPS) is 25.3. The van der Waals surface area contributed by atoms with Gasteiger partial charge in [0.05, 0.1) is 17.5 Å². The van der Waals surface area contributed by atoms with Crippen molar-refractivity contribution < 1.29 is 24.6 Å². The van der Waals surface area contributed by atoms with Crippen molar-refractivity contribution in [1.82, 2.24) is 5.32 Å². The molecule has 2 aliphatic rings. The number of imide groups is 1. The van der Waals surface area contributed by atoms with Gasteiger partial charge in [0.15, 0.2) is 0 Å². The predicted octanol–water partition coefficient (Wildman–Crippen LogP) is 4.63. The number of fused-ring (bicyclic) bond motifs is 1. The third-order valence-corrected chi connectivity index (χ3v) is 8.00. The lowest BCUT2D eigenvalue weighted by Gasteiger charge is -2.31. The number of amides is 2. The maximum Gasteiger partial charge on any atom is 0.325 e. The Hall–Kier alpha value is -3.20. The number of anilines is 1.